The van der Waals surface area contributed by atoms with Crippen molar-refractivity contribution in [1.82, 2.24) is 10.9 Å². The lowest BCUT2D eigenvalue weighted by Crippen LogP contribution is -2.45. The number of benzene rings is 2. The Morgan fingerprint density at radius 1 is 1.18 bits per heavy atom. The van der Waals surface area contributed by atoms with Gasteiger partial charge in [-0.2, -0.15) is 0 Å². The number of nitrogens with one attached hydrogen (secondary N) is 2. The second kappa shape index (κ2) is 8.88. The van der Waals surface area contributed by atoms with Gasteiger partial charge in [0.25, 0.3) is 5.91 Å². The number of carbonyl (C=O) groups is 3. The van der Waals surface area contributed by atoms with Gasteiger partial charge < -0.3 is 9.64 Å². The van der Waals surface area contributed by atoms with Crippen LogP contribution in [0.2, 0.25) is 0 Å². The second-order valence-corrected chi connectivity index (χ2v) is 7.20. The van der Waals surface area contributed by atoms with Gasteiger partial charge in [-0.05, 0) is 49.4 Å². The average Bonchev–Trinajstić information content (AvgIpc) is 3.08. The minimum absolute atomic E-state index is 0.0891. The molecule has 0 radical (unpaired) electrons. The molecule has 0 spiro atoms. The van der Waals surface area contributed by atoms with Gasteiger partial charge in [-0.25, -0.2) is 0 Å². The Hall–Kier alpha value is -2.87. The Bertz CT molecular complexity index is 885. The molecule has 8 heteroatoms. The zero-order chi connectivity index (χ0) is 20.1. The van der Waals surface area contributed by atoms with Crippen LogP contribution in [-0.2, 0) is 9.59 Å². The van der Waals surface area contributed by atoms with Gasteiger partial charge in [-0.3, -0.25) is 25.2 Å². The topological polar surface area (TPSA) is 87.7 Å². The van der Waals surface area contributed by atoms with E-state index >= 15 is 0 Å². The van der Waals surface area contributed by atoms with Gasteiger partial charge in [-0.15, -0.1) is 0 Å². The normalized spacial score (nSPS) is 16.0. The van der Waals surface area contributed by atoms with Crippen LogP contribution in [0.5, 0.6) is 5.75 Å². The van der Waals surface area contributed by atoms with Crippen molar-refractivity contribution in [3.05, 3.63) is 58.6 Å². The van der Waals surface area contributed by atoms with Gasteiger partial charge in [0.05, 0.1) is 12.5 Å². The first-order valence-electron chi connectivity index (χ1n) is 8.87. The second-order valence-electron chi connectivity index (χ2n) is 6.29. The molecule has 3 rings (SSSR count). The maximum Gasteiger partial charge on any atom is 0.269 e. The fourth-order valence-corrected chi connectivity index (χ4v) is 3.34. The van der Waals surface area contributed by atoms with Crippen molar-refractivity contribution in [3.8, 4) is 5.75 Å². The number of anilines is 1. The largest absolute Gasteiger partial charge is 0.494 e. The molecule has 28 heavy (non-hydrogen) atoms. The van der Waals surface area contributed by atoms with E-state index in [1.807, 2.05) is 6.92 Å². The highest BCUT2D eigenvalue weighted by Crippen LogP contribution is 2.27. The fourth-order valence-electron chi connectivity index (χ4n) is 2.94. The smallest absolute Gasteiger partial charge is 0.269 e. The van der Waals surface area contributed by atoms with Crippen molar-refractivity contribution in [2.45, 2.75) is 13.3 Å². The highest BCUT2D eigenvalue weighted by molar-refractivity contribution is 9.10. The van der Waals surface area contributed by atoms with E-state index in [1.54, 1.807) is 53.4 Å². The third-order valence-electron chi connectivity index (χ3n) is 4.34. The van der Waals surface area contributed by atoms with E-state index in [1.165, 1.54) is 0 Å². The molecule has 2 aromatic rings. The molecule has 1 fully saturated rings. The van der Waals surface area contributed by atoms with Crippen molar-refractivity contribution in [2.75, 3.05) is 18.1 Å². The van der Waals surface area contributed by atoms with E-state index in [0.29, 0.717) is 17.9 Å². The highest BCUT2D eigenvalue weighted by Gasteiger charge is 2.35. The number of hydrogen-bond acceptors (Lipinski definition) is 4. The molecule has 0 bridgehead atoms. The van der Waals surface area contributed by atoms with E-state index in [2.05, 4.69) is 26.8 Å². The maximum atomic E-state index is 12.4. The van der Waals surface area contributed by atoms with Crippen molar-refractivity contribution in [2.24, 2.45) is 5.92 Å². The van der Waals surface area contributed by atoms with Gasteiger partial charge in [0.15, 0.2) is 0 Å². The lowest BCUT2D eigenvalue weighted by atomic mass is 10.1. The van der Waals surface area contributed by atoms with Crippen molar-refractivity contribution in [3.63, 3.8) is 0 Å². The van der Waals surface area contributed by atoms with E-state index in [-0.39, 0.29) is 18.9 Å². The quantitative estimate of drug-likeness (QED) is 0.692. The summed E-state index contributed by atoms with van der Waals surface area (Å²) >= 11 is 3.29. The van der Waals surface area contributed by atoms with Crippen LogP contribution in [0.25, 0.3) is 0 Å². The molecular formula is C20H20BrN3O4. The molecule has 0 unspecified atom stereocenters. The summed E-state index contributed by atoms with van der Waals surface area (Å²) in [7, 11) is 0. The Kier molecular flexibility index (Phi) is 6.30. The Labute approximate surface area is 171 Å². The van der Waals surface area contributed by atoms with Crippen LogP contribution >= 0.6 is 15.9 Å². The van der Waals surface area contributed by atoms with Crippen LogP contribution in [0.15, 0.2) is 53.0 Å². The Balaban J connectivity index is 1.56. The first-order chi connectivity index (χ1) is 13.5. The van der Waals surface area contributed by atoms with Gasteiger partial charge >= 0.3 is 0 Å². The standard InChI is InChI=1S/C20H20BrN3O4/c1-2-28-17-8-6-16(7-9-17)24-12-14(11-18(24)25)20(27)23-22-19(26)13-4-3-5-15(21)10-13/h3-10,14H,2,11-12H2,1H3,(H,22,26)(H,23,27)/t14-/m1/s1. The molecule has 1 aliphatic heterocycles. The monoisotopic (exact) mass is 445 g/mol. The summed E-state index contributed by atoms with van der Waals surface area (Å²) in [6, 6.07) is 14.0. The van der Waals surface area contributed by atoms with E-state index < -0.39 is 17.7 Å². The zero-order valence-corrected chi connectivity index (χ0v) is 16.9. The average molecular weight is 446 g/mol. The molecular weight excluding hydrogens is 426 g/mol. The van der Waals surface area contributed by atoms with Gasteiger partial charge in [0, 0.05) is 28.7 Å². The Morgan fingerprint density at radius 3 is 2.61 bits per heavy atom. The molecule has 1 heterocycles. The van der Waals surface area contributed by atoms with Gasteiger partial charge in [0.2, 0.25) is 11.8 Å². The summed E-state index contributed by atoms with van der Waals surface area (Å²) in [6.45, 7) is 2.72. The molecule has 2 aromatic carbocycles. The number of nitrogens with zero attached hydrogens (tertiary/aromatic N) is 1. The van der Waals surface area contributed by atoms with E-state index in [4.69, 9.17) is 4.74 Å². The third-order valence-corrected chi connectivity index (χ3v) is 4.83. The summed E-state index contributed by atoms with van der Waals surface area (Å²) < 4.78 is 6.16. The Morgan fingerprint density at radius 2 is 1.93 bits per heavy atom. The lowest BCUT2D eigenvalue weighted by molar-refractivity contribution is -0.126. The molecule has 1 saturated heterocycles. The third kappa shape index (κ3) is 4.69. The summed E-state index contributed by atoms with van der Waals surface area (Å²) in [5, 5.41) is 0. The van der Waals surface area contributed by atoms with Crippen LogP contribution in [-0.4, -0.2) is 30.9 Å². The molecule has 3 amide bonds. The summed E-state index contributed by atoms with van der Waals surface area (Å²) in [5.41, 5.74) is 5.92. The van der Waals surface area contributed by atoms with Gasteiger partial charge in [0.1, 0.15) is 5.75 Å². The van der Waals surface area contributed by atoms with E-state index in [9.17, 15) is 14.4 Å². The number of carbonyl (C=O) groups excluding carboxylic acids is 3. The SMILES string of the molecule is CCOc1ccc(N2C[C@H](C(=O)NNC(=O)c3cccc(Br)c3)CC2=O)cc1. The number of halogens is 1. The lowest BCUT2D eigenvalue weighted by Gasteiger charge is -2.17. The molecule has 1 aliphatic rings. The van der Waals surface area contributed by atoms with Crippen molar-refractivity contribution >= 4 is 39.3 Å². The zero-order valence-electron chi connectivity index (χ0n) is 15.3. The number of hydrazine groups is 1. The number of rotatable bonds is 5. The number of ether oxygens (including phenoxy) is 1. The first kappa shape index (κ1) is 19.9. The highest BCUT2D eigenvalue weighted by atomic mass is 79.9. The van der Waals surface area contributed by atoms with Crippen LogP contribution < -0.4 is 20.5 Å². The van der Waals surface area contributed by atoms with Crippen LogP contribution in [0, 0.1) is 5.92 Å². The maximum absolute atomic E-state index is 12.4. The molecule has 1 atom stereocenters. The molecule has 146 valence electrons. The van der Waals surface area contributed by atoms with Crippen LogP contribution in [0.3, 0.4) is 0 Å². The predicted molar refractivity (Wildman–Crippen MR) is 108 cm³/mol. The van der Waals surface area contributed by atoms with Gasteiger partial charge in [-0.1, -0.05) is 22.0 Å². The first-order valence-corrected chi connectivity index (χ1v) is 9.66. The summed E-state index contributed by atoms with van der Waals surface area (Å²) in [6.07, 6.45) is 0.0891. The molecule has 0 aliphatic carbocycles. The molecule has 0 saturated carbocycles. The van der Waals surface area contributed by atoms with Crippen molar-refractivity contribution < 1.29 is 19.1 Å². The summed E-state index contributed by atoms with van der Waals surface area (Å²) in [4.78, 5) is 38.4. The molecule has 7 nitrogen and oxygen atoms in total. The summed E-state index contributed by atoms with van der Waals surface area (Å²) in [5.74, 6) is -0.778. The van der Waals surface area contributed by atoms with Crippen molar-refractivity contribution in [1.29, 1.82) is 0 Å². The fraction of sp³-hybridized carbons (Fsp3) is 0.250. The number of amides is 3. The number of hydrogen-bond donors (Lipinski definition) is 2. The minimum atomic E-state index is -0.540. The predicted octanol–water partition coefficient (Wildman–Crippen LogP) is 2.66. The van der Waals surface area contributed by atoms with Crippen LogP contribution in [0.4, 0.5) is 5.69 Å². The van der Waals surface area contributed by atoms with Crippen LogP contribution in [0.1, 0.15) is 23.7 Å². The minimum Gasteiger partial charge on any atom is -0.494 e. The molecule has 0 aromatic heterocycles. The molecule has 2 N–H and O–H groups in total. The van der Waals surface area contributed by atoms with E-state index in [0.717, 1.165) is 10.2 Å².